The van der Waals surface area contributed by atoms with Gasteiger partial charge < -0.3 is 5.73 Å². The van der Waals surface area contributed by atoms with Crippen LogP contribution in [0, 0.1) is 12.3 Å². The van der Waals surface area contributed by atoms with Gasteiger partial charge in [-0.3, -0.25) is 10.4 Å². The van der Waals surface area contributed by atoms with Crippen LogP contribution in [0.5, 0.6) is 0 Å². The van der Waals surface area contributed by atoms with E-state index in [1.54, 1.807) is 0 Å². The molecule has 0 spiro atoms. The molecule has 3 heteroatoms. The Kier molecular flexibility index (Phi) is 2.15. The number of amidine groups is 1. The lowest BCUT2D eigenvalue weighted by Crippen LogP contribution is -2.15. The first-order chi connectivity index (χ1) is 8.16. The largest absolute Gasteiger partial charge is 0.384 e. The summed E-state index contributed by atoms with van der Waals surface area (Å²) in [5, 5.41) is 8.83. The second-order valence-electron chi connectivity index (χ2n) is 4.70. The number of hydrogen-bond acceptors (Lipinski definition) is 2. The number of aryl methyl sites for hydroxylation is 2. The van der Waals surface area contributed by atoms with Gasteiger partial charge in [0.2, 0.25) is 0 Å². The van der Waals surface area contributed by atoms with Gasteiger partial charge in [0, 0.05) is 16.6 Å². The Morgan fingerprint density at radius 1 is 1.35 bits per heavy atom. The number of benzene rings is 1. The maximum absolute atomic E-state index is 7.81. The number of rotatable bonds is 1. The van der Waals surface area contributed by atoms with Gasteiger partial charge >= 0.3 is 0 Å². The Bertz CT molecular complexity index is 629. The highest BCUT2D eigenvalue weighted by Gasteiger charge is 2.20. The summed E-state index contributed by atoms with van der Waals surface area (Å²) in [7, 11) is 0. The van der Waals surface area contributed by atoms with E-state index in [1.807, 2.05) is 6.07 Å². The van der Waals surface area contributed by atoms with Crippen molar-refractivity contribution < 1.29 is 0 Å². The average Bonchev–Trinajstić information content (AvgIpc) is 2.72. The molecule has 17 heavy (non-hydrogen) atoms. The summed E-state index contributed by atoms with van der Waals surface area (Å²) in [6.45, 7) is 2.05. The molecule has 0 saturated heterocycles. The van der Waals surface area contributed by atoms with Gasteiger partial charge in [-0.1, -0.05) is 11.6 Å². The third-order valence-corrected chi connectivity index (χ3v) is 3.44. The van der Waals surface area contributed by atoms with Gasteiger partial charge in [-0.15, -0.1) is 0 Å². The summed E-state index contributed by atoms with van der Waals surface area (Å²) in [6, 6.07) is 6.16. The molecule has 1 aromatic carbocycles. The zero-order valence-corrected chi connectivity index (χ0v) is 9.88. The van der Waals surface area contributed by atoms with Crippen LogP contribution < -0.4 is 5.73 Å². The van der Waals surface area contributed by atoms with Crippen molar-refractivity contribution in [2.45, 2.75) is 26.2 Å². The number of nitrogens with zero attached hydrogens (tertiary/aromatic N) is 1. The van der Waals surface area contributed by atoms with E-state index in [0.29, 0.717) is 0 Å². The van der Waals surface area contributed by atoms with Crippen molar-refractivity contribution in [2.24, 2.45) is 5.73 Å². The number of fused-ring (bicyclic) bond motifs is 2. The molecule has 0 radical (unpaired) electrons. The van der Waals surface area contributed by atoms with E-state index >= 15 is 0 Å². The molecule has 1 aliphatic carbocycles. The molecule has 3 N–H and O–H groups in total. The molecule has 0 unspecified atom stereocenters. The van der Waals surface area contributed by atoms with Gasteiger partial charge in [0.25, 0.3) is 0 Å². The predicted octanol–water partition coefficient (Wildman–Crippen LogP) is 2.32. The summed E-state index contributed by atoms with van der Waals surface area (Å²) in [4.78, 5) is 4.69. The Balaban J connectivity index is 2.45. The van der Waals surface area contributed by atoms with Crippen molar-refractivity contribution in [1.82, 2.24) is 4.98 Å². The highest BCUT2D eigenvalue weighted by Crippen LogP contribution is 2.30. The fourth-order valence-corrected chi connectivity index (χ4v) is 2.68. The maximum atomic E-state index is 7.81. The lowest BCUT2D eigenvalue weighted by Gasteiger charge is -2.11. The molecular weight excluding hydrogens is 210 g/mol. The van der Waals surface area contributed by atoms with Gasteiger partial charge in [-0.25, -0.2) is 0 Å². The number of nitrogens with two attached hydrogens (primary N) is 1. The molecule has 1 aromatic heterocycles. The highest BCUT2D eigenvalue weighted by molar-refractivity contribution is 6.08. The molecule has 3 nitrogen and oxygen atoms in total. The van der Waals surface area contributed by atoms with Gasteiger partial charge in [-0.05, 0) is 43.9 Å². The smallest absolute Gasteiger partial charge is 0.123 e. The Morgan fingerprint density at radius 3 is 2.94 bits per heavy atom. The molecule has 2 aromatic rings. The zero-order chi connectivity index (χ0) is 12.0. The topological polar surface area (TPSA) is 62.8 Å². The van der Waals surface area contributed by atoms with Crippen molar-refractivity contribution in [3.63, 3.8) is 0 Å². The third-order valence-electron chi connectivity index (χ3n) is 3.44. The van der Waals surface area contributed by atoms with E-state index in [0.717, 1.165) is 41.4 Å². The minimum absolute atomic E-state index is 0.168. The van der Waals surface area contributed by atoms with E-state index in [1.165, 1.54) is 11.1 Å². The molecule has 86 valence electrons. The average molecular weight is 225 g/mol. The van der Waals surface area contributed by atoms with Crippen LogP contribution in [0.2, 0.25) is 0 Å². The van der Waals surface area contributed by atoms with Crippen LogP contribution in [0.1, 0.15) is 28.8 Å². The first kappa shape index (κ1) is 10.3. The normalized spacial score (nSPS) is 13.9. The fraction of sp³-hybridized carbons (Fsp3) is 0.286. The first-order valence-electron chi connectivity index (χ1n) is 5.93. The first-order valence-corrected chi connectivity index (χ1v) is 5.93. The van der Waals surface area contributed by atoms with Crippen LogP contribution in [-0.2, 0) is 12.8 Å². The molecule has 0 bridgehead atoms. The lowest BCUT2D eigenvalue weighted by atomic mass is 9.99. The van der Waals surface area contributed by atoms with E-state index in [2.05, 4.69) is 24.0 Å². The number of hydrogen-bond donors (Lipinski definition) is 2. The monoisotopic (exact) mass is 225 g/mol. The molecule has 3 rings (SSSR count). The number of pyridine rings is 1. The quantitative estimate of drug-likeness (QED) is 0.578. The lowest BCUT2D eigenvalue weighted by molar-refractivity contribution is 0.901. The minimum Gasteiger partial charge on any atom is -0.384 e. The minimum atomic E-state index is 0.168. The van der Waals surface area contributed by atoms with Crippen molar-refractivity contribution in [3.8, 4) is 0 Å². The summed E-state index contributed by atoms with van der Waals surface area (Å²) in [5.41, 5.74) is 11.1. The highest BCUT2D eigenvalue weighted by atomic mass is 14.7. The SMILES string of the molecule is Cc1ccc2nc3c(c(C(=N)N)c2c1)CCC3. The van der Waals surface area contributed by atoms with Crippen LogP contribution in [-0.4, -0.2) is 10.8 Å². The van der Waals surface area contributed by atoms with E-state index < -0.39 is 0 Å². The standard InChI is InChI=1S/C14H15N3/c1-8-5-6-12-10(7-8)13(14(15)16)9-3-2-4-11(9)17-12/h5-7H,2-4H2,1H3,(H3,15,16). The molecular formula is C14H15N3. The number of nitrogen functional groups attached to an aromatic ring is 1. The number of nitrogens with one attached hydrogen (secondary N) is 1. The van der Waals surface area contributed by atoms with Crippen molar-refractivity contribution in [3.05, 3.63) is 40.6 Å². The number of aromatic nitrogens is 1. The maximum Gasteiger partial charge on any atom is 0.123 e. The van der Waals surface area contributed by atoms with Crippen molar-refractivity contribution in [1.29, 1.82) is 5.41 Å². The summed E-state index contributed by atoms with van der Waals surface area (Å²) in [6.07, 6.45) is 3.14. The summed E-state index contributed by atoms with van der Waals surface area (Å²) in [5.74, 6) is 0.168. The zero-order valence-electron chi connectivity index (χ0n) is 9.88. The summed E-state index contributed by atoms with van der Waals surface area (Å²) < 4.78 is 0. The van der Waals surface area contributed by atoms with Crippen LogP contribution in [0.4, 0.5) is 0 Å². The second kappa shape index (κ2) is 3.55. The molecule has 0 fully saturated rings. The molecule has 0 saturated carbocycles. The van der Waals surface area contributed by atoms with E-state index in [-0.39, 0.29) is 5.84 Å². The van der Waals surface area contributed by atoms with Gasteiger partial charge in [0.15, 0.2) is 0 Å². The van der Waals surface area contributed by atoms with Crippen molar-refractivity contribution >= 4 is 16.7 Å². The fourth-order valence-electron chi connectivity index (χ4n) is 2.68. The second-order valence-corrected chi connectivity index (χ2v) is 4.70. The van der Waals surface area contributed by atoms with Crippen molar-refractivity contribution in [2.75, 3.05) is 0 Å². The molecule has 0 aliphatic heterocycles. The predicted molar refractivity (Wildman–Crippen MR) is 69.5 cm³/mol. The Hall–Kier alpha value is -1.90. The molecule has 1 aliphatic rings. The van der Waals surface area contributed by atoms with Crippen LogP contribution >= 0.6 is 0 Å². The van der Waals surface area contributed by atoms with Gasteiger partial charge in [0.05, 0.1) is 5.52 Å². The van der Waals surface area contributed by atoms with Crippen LogP contribution in [0.3, 0.4) is 0 Å². The Labute approximate surface area is 100 Å². The molecule has 0 amide bonds. The molecule has 1 heterocycles. The van der Waals surface area contributed by atoms with Gasteiger partial charge in [0.1, 0.15) is 5.84 Å². The van der Waals surface area contributed by atoms with Crippen LogP contribution in [0.25, 0.3) is 10.9 Å². The third kappa shape index (κ3) is 1.50. The van der Waals surface area contributed by atoms with Crippen LogP contribution in [0.15, 0.2) is 18.2 Å². The van der Waals surface area contributed by atoms with Gasteiger partial charge in [-0.2, -0.15) is 0 Å². The van der Waals surface area contributed by atoms with E-state index in [4.69, 9.17) is 11.1 Å². The van der Waals surface area contributed by atoms with E-state index in [9.17, 15) is 0 Å². The summed E-state index contributed by atoms with van der Waals surface area (Å²) >= 11 is 0. The Morgan fingerprint density at radius 2 is 2.18 bits per heavy atom. The molecule has 0 atom stereocenters.